The van der Waals surface area contributed by atoms with Gasteiger partial charge in [0.15, 0.2) is 5.69 Å². The Morgan fingerprint density at radius 1 is 0.963 bits per heavy atom. The van der Waals surface area contributed by atoms with Crippen LogP contribution in [0.1, 0.15) is 43.6 Å². The number of benzene rings is 2. The minimum Gasteiger partial charge on any atom is -0.307 e. The summed E-state index contributed by atoms with van der Waals surface area (Å²) in [7, 11) is 0. The maximum absolute atomic E-state index is 13.3. The number of aromatic nitrogens is 2. The van der Waals surface area contributed by atoms with Gasteiger partial charge in [0.1, 0.15) is 0 Å². The number of carbonyl (C=O) groups is 1. The minimum atomic E-state index is -0.191. The van der Waals surface area contributed by atoms with E-state index >= 15 is 0 Å². The number of nitrogens with zero attached hydrogens (tertiary/aromatic N) is 3. The molecule has 0 aliphatic carbocycles. The molecule has 27 heavy (non-hydrogen) atoms. The Labute approximate surface area is 159 Å². The quantitative estimate of drug-likeness (QED) is 0.590. The average Bonchev–Trinajstić information content (AvgIpc) is 2.71. The van der Waals surface area contributed by atoms with Crippen LogP contribution in [0, 0.1) is 0 Å². The van der Waals surface area contributed by atoms with E-state index in [1.54, 1.807) is 17.0 Å². The standard InChI is InChI=1S/C22H25N3O2/c1-3-5-11-16-25-21(26)19-15-10-9-14-18(19)20(23-25)22(27)24(4-2)17-12-7-6-8-13-17/h6-10,12-15H,3-5,11,16H2,1-2H3. The first kappa shape index (κ1) is 18.8. The van der Waals surface area contributed by atoms with Crippen LogP contribution in [-0.2, 0) is 6.54 Å². The highest BCUT2D eigenvalue weighted by atomic mass is 16.2. The van der Waals surface area contributed by atoms with Gasteiger partial charge in [-0.15, -0.1) is 0 Å². The summed E-state index contributed by atoms with van der Waals surface area (Å²) in [6.45, 7) is 5.10. The third-order valence-electron chi connectivity index (χ3n) is 4.67. The second-order valence-corrected chi connectivity index (χ2v) is 6.51. The lowest BCUT2D eigenvalue weighted by molar-refractivity contribution is 0.0983. The zero-order valence-electron chi connectivity index (χ0n) is 15.9. The zero-order chi connectivity index (χ0) is 19.2. The number of unbranched alkanes of at least 4 members (excludes halogenated alkanes) is 2. The third-order valence-corrected chi connectivity index (χ3v) is 4.67. The molecule has 5 nitrogen and oxygen atoms in total. The summed E-state index contributed by atoms with van der Waals surface area (Å²) in [4.78, 5) is 27.8. The number of carbonyl (C=O) groups excluding carboxylic acids is 1. The molecule has 0 bridgehead atoms. The van der Waals surface area contributed by atoms with Crippen molar-refractivity contribution >= 4 is 22.4 Å². The van der Waals surface area contributed by atoms with Crippen molar-refractivity contribution in [3.05, 3.63) is 70.6 Å². The van der Waals surface area contributed by atoms with E-state index < -0.39 is 0 Å². The average molecular weight is 363 g/mol. The molecule has 0 fully saturated rings. The van der Waals surface area contributed by atoms with E-state index in [2.05, 4.69) is 12.0 Å². The molecular formula is C22H25N3O2. The van der Waals surface area contributed by atoms with Gasteiger partial charge in [-0.25, -0.2) is 4.68 Å². The summed E-state index contributed by atoms with van der Waals surface area (Å²) in [5.74, 6) is -0.191. The van der Waals surface area contributed by atoms with Crippen LogP contribution in [0.25, 0.3) is 10.8 Å². The monoisotopic (exact) mass is 363 g/mol. The highest BCUT2D eigenvalue weighted by molar-refractivity contribution is 6.12. The van der Waals surface area contributed by atoms with Crippen molar-refractivity contribution in [1.82, 2.24) is 9.78 Å². The van der Waals surface area contributed by atoms with E-state index in [9.17, 15) is 9.59 Å². The van der Waals surface area contributed by atoms with E-state index in [1.165, 1.54) is 4.68 Å². The van der Waals surface area contributed by atoms with Crippen molar-refractivity contribution < 1.29 is 4.79 Å². The Morgan fingerprint density at radius 3 is 2.30 bits per heavy atom. The number of hydrogen-bond acceptors (Lipinski definition) is 3. The molecule has 1 heterocycles. The second-order valence-electron chi connectivity index (χ2n) is 6.51. The van der Waals surface area contributed by atoms with Gasteiger partial charge in [-0.2, -0.15) is 5.10 Å². The van der Waals surface area contributed by atoms with Crippen LogP contribution in [0.5, 0.6) is 0 Å². The number of amides is 1. The van der Waals surface area contributed by atoms with Gasteiger partial charge < -0.3 is 4.90 Å². The zero-order valence-corrected chi connectivity index (χ0v) is 15.9. The molecule has 2 aromatic carbocycles. The van der Waals surface area contributed by atoms with Gasteiger partial charge in [0.05, 0.1) is 5.39 Å². The topological polar surface area (TPSA) is 55.2 Å². The molecule has 1 aromatic heterocycles. The van der Waals surface area contributed by atoms with Crippen LogP contribution in [0.4, 0.5) is 5.69 Å². The molecule has 3 rings (SSSR count). The van der Waals surface area contributed by atoms with Gasteiger partial charge in [-0.1, -0.05) is 56.2 Å². The predicted molar refractivity (Wildman–Crippen MR) is 109 cm³/mol. The number of hydrogen-bond donors (Lipinski definition) is 0. The fraction of sp³-hybridized carbons (Fsp3) is 0.318. The summed E-state index contributed by atoms with van der Waals surface area (Å²) in [6.07, 6.45) is 2.95. The number of rotatable bonds is 7. The molecule has 0 aliphatic rings. The molecule has 0 atom stereocenters. The van der Waals surface area contributed by atoms with Crippen LogP contribution in [0.3, 0.4) is 0 Å². The summed E-state index contributed by atoms with van der Waals surface area (Å²) in [6, 6.07) is 16.8. The fourth-order valence-corrected chi connectivity index (χ4v) is 3.24. The van der Waals surface area contributed by atoms with Crippen molar-refractivity contribution in [2.24, 2.45) is 0 Å². The molecule has 0 spiro atoms. The van der Waals surface area contributed by atoms with E-state index in [1.807, 2.05) is 49.4 Å². The van der Waals surface area contributed by atoms with Crippen molar-refractivity contribution in [3.63, 3.8) is 0 Å². The lowest BCUT2D eigenvalue weighted by Gasteiger charge is -2.21. The Hall–Kier alpha value is -2.95. The molecule has 0 N–H and O–H groups in total. The molecule has 5 heteroatoms. The third kappa shape index (κ3) is 3.92. The largest absolute Gasteiger partial charge is 0.307 e. The molecule has 3 aromatic rings. The van der Waals surface area contributed by atoms with Crippen molar-refractivity contribution in [2.75, 3.05) is 11.4 Å². The van der Waals surface area contributed by atoms with Gasteiger partial charge in [0.2, 0.25) is 0 Å². The second kappa shape index (κ2) is 8.62. The van der Waals surface area contributed by atoms with Crippen LogP contribution >= 0.6 is 0 Å². The number of anilines is 1. The van der Waals surface area contributed by atoms with Crippen LogP contribution in [0.2, 0.25) is 0 Å². The van der Waals surface area contributed by atoms with E-state index in [0.29, 0.717) is 29.6 Å². The minimum absolute atomic E-state index is 0.138. The molecular weight excluding hydrogens is 338 g/mol. The lowest BCUT2D eigenvalue weighted by Crippen LogP contribution is -2.34. The first-order chi connectivity index (χ1) is 13.2. The van der Waals surface area contributed by atoms with Gasteiger partial charge in [0.25, 0.3) is 11.5 Å². The summed E-state index contributed by atoms with van der Waals surface area (Å²) in [5, 5.41) is 5.62. The smallest absolute Gasteiger partial charge is 0.279 e. The Balaban J connectivity index is 2.10. The van der Waals surface area contributed by atoms with E-state index in [4.69, 9.17) is 0 Å². The van der Waals surface area contributed by atoms with Crippen molar-refractivity contribution in [1.29, 1.82) is 0 Å². The number of para-hydroxylation sites is 1. The Bertz CT molecular complexity index is 980. The lowest BCUT2D eigenvalue weighted by atomic mass is 10.1. The van der Waals surface area contributed by atoms with Gasteiger partial charge in [-0.05, 0) is 31.5 Å². The summed E-state index contributed by atoms with van der Waals surface area (Å²) < 4.78 is 1.45. The number of aryl methyl sites for hydroxylation is 1. The van der Waals surface area contributed by atoms with Crippen LogP contribution in [0.15, 0.2) is 59.4 Å². The number of fused-ring (bicyclic) bond motifs is 1. The van der Waals surface area contributed by atoms with Gasteiger partial charge in [-0.3, -0.25) is 9.59 Å². The van der Waals surface area contributed by atoms with E-state index in [-0.39, 0.29) is 11.5 Å². The molecule has 0 saturated carbocycles. The SMILES string of the molecule is CCCCCn1nc(C(=O)N(CC)c2ccccc2)c2ccccc2c1=O. The maximum Gasteiger partial charge on any atom is 0.279 e. The Kier molecular flexibility index (Phi) is 6.01. The molecule has 0 aliphatic heterocycles. The first-order valence-electron chi connectivity index (χ1n) is 9.54. The van der Waals surface area contributed by atoms with Crippen molar-refractivity contribution in [3.8, 4) is 0 Å². The Morgan fingerprint density at radius 2 is 1.63 bits per heavy atom. The first-order valence-corrected chi connectivity index (χ1v) is 9.54. The summed E-state index contributed by atoms with van der Waals surface area (Å²) in [5.41, 5.74) is 1.01. The fourth-order valence-electron chi connectivity index (χ4n) is 3.24. The summed E-state index contributed by atoms with van der Waals surface area (Å²) >= 11 is 0. The molecule has 0 unspecified atom stereocenters. The van der Waals surface area contributed by atoms with Crippen LogP contribution < -0.4 is 10.5 Å². The maximum atomic E-state index is 13.3. The molecule has 140 valence electrons. The normalized spacial score (nSPS) is 10.9. The molecule has 1 amide bonds. The highest BCUT2D eigenvalue weighted by Crippen LogP contribution is 2.20. The molecule has 0 saturated heterocycles. The highest BCUT2D eigenvalue weighted by Gasteiger charge is 2.22. The predicted octanol–water partition coefficient (Wildman–Crippen LogP) is 4.25. The van der Waals surface area contributed by atoms with Crippen molar-refractivity contribution in [2.45, 2.75) is 39.7 Å². The molecule has 0 radical (unpaired) electrons. The van der Waals surface area contributed by atoms with Crippen LogP contribution in [-0.4, -0.2) is 22.2 Å². The van der Waals surface area contributed by atoms with E-state index in [0.717, 1.165) is 24.9 Å². The van der Waals surface area contributed by atoms with Gasteiger partial charge in [0, 0.05) is 24.2 Å². The van der Waals surface area contributed by atoms with Gasteiger partial charge >= 0.3 is 0 Å².